The van der Waals surface area contributed by atoms with E-state index in [4.69, 9.17) is 10.2 Å². The maximum atomic E-state index is 9.08. The van der Waals surface area contributed by atoms with Crippen molar-refractivity contribution >= 4 is 21.2 Å². The van der Waals surface area contributed by atoms with Crippen LogP contribution in [-0.4, -0.2) is 27.1 Å². The molecule has 2 nitrogen and oxygen atoms in total. The number of rotatable bonds is 1. The Morgan fingerprint density at radius 2 is 2.10 bits per heavy atom. The van der Waals surface area contributed by atoms with Crippen molar-refractivity contribution < 1.29 is 10.2 Å². The number of phenols is 1. The Morgan fingerprint density at radius 1 is 1.40 bits per heavy atom. The van der Waals surface area contributed by atoms with E-state index in [1.807, 2.05) is 6.07 Å². The van der Waals surface area contributed by atoms with Gasteiger partial charge in [0.15, 0.2) is 0 Å². The molecule has 0 aliphatic rings. The molecule has 1 aromatic carbocycles. The van der Waals surface area contributed by atoms with Crippen molar-refractivity contribution in [2.24, 2.45) is 0 Å². The molecule has 0 radical (unpaired) electrons. The number of hydrogen-bond acceptors (Lipinski definition) is 2. The van der Waals surface area contributed by atoms with E-state index in [0.717, 1.165) is 4.35 Å². The monoisotopic (exact) mass is 200 g/mol. The van der Waals surface area contributed by atoms with Crippen LogP contribution >= 0.6 is 0 Å². The molecule has 0 fully saturated rings. The van der Waals surface area contributed by atoms with Gasteiger partial charge in [0.2, 0.25) is 0 Å². The first-order valence-electron chi connectivity index (χ1n) is 2.92. The summed E-state index contributed by atoms with van der Waals surface area (Å²) in [6, 6.07) is 5.21. The van der Waals surface area contributed by atoms with E-state index in [2.05, 4.69) is 0 Å². The third kappa shape index (κ3) is 1.52. The molecule has 0 spiro atoms. The molecule has 0 saturated heterocycles. The normalized spacial score (nSPS) is 9.80. The van der Waals surface area contributed by atoms with Gasteiger partial charge in [-0.15, -0.1) is 0 Å². The first-order chi connectivity index (χ1) is 4.74. The van der Waals surface area contributed by atoms with E-state index < -0.39 is 0 Å². The Morgan fingerprint density at radius 3 is 2.60 bits per heavy atom. The molecule has 0 amide bonds. The van der Waals surface area contributed by atoms with E-state index in [1.165, 1.54) is 16.9 Å². The molecule has 3 heteroatoms. The summed E-state index contributed by atoms with van der Waals surface area (Å²) in [5, 5.41) is 17.8. The van der Waals surface area contributed by atoms with Crippen molar-refractivity contribution in [2.45, 2.75) is 6.61 Å². The van der Waals surface area contributed by atoms with Crippen molar-refractivity contribution in [1.29, 1.82) is 0 Å². The number of benzene rings is 1. The van der Waals surface area contributed by atoms with Gasteiger partial charge in [-0.05, 0) is 0 Å². The number of aliphatic hydroxyl groups excluding tert-OH is 1. The second-order valence-electron chi connectivity index (χ2n) is 2.05. The SMILES string of the molecule is OCc1cc([AsH2])ccc1O. The molecule has 1 rings (SSSR count). The van der Waals surface area contributed by atoms with Crippen LogP contribution in [0.5, 0.6) is 5.75 Å². The fraction of sp³-hybridized carbons (Fsp3) is 0.143. The second-order valence-corrected chi connectivity index (χ2v) is 3.44. The Hall–Kier alpha value is -0.462. The Labute approximate surface area is 68.0 Å². The van der Waals surface area contributed by atoms with E-state index in [9.17, 15) is 0 Å². The van der Waals surface area contributed by atoms with Crippen molar-refractivity contribution in [3.8, 4) is 5.75 Å². The van der Waals surface area contributed by atoms with Crippen molar-refractivity contribution in [1.82, 2.24) is 0 Å². The standard InChI is InChI=1S/C7H9AsO2/c8-6-1-2-7(10)5(3-6)4-9/h1-3,9-10H,4,8H2. The molecule has 0 aliphatic heterocycles. The summed E-state index contributed by atoms with van der Waals surface area (Å²) >= 11 is 1.48. The summed E-state index contributed by atoms with van der Waals surface area (Å²) in [7, 11) is 0. The fourth-order valence-corrected chi connectivity index (χ4v) is 1.36. The quantitative estimate of drug-likeness (QED) is 0.579. The predicted octanol–water partition coefficient (Wildman–Crippen LogP) is -0.857. The molecule has 10 heavy (non-hydrogen) atoms. The van der Waals surface area contributed by atoms with Gasteiger partial charge in [0.25, 0.3) is 0 Å². The molecule has 0 aromatic heterocycles. The van der Waals surface area contributed by atoms with Gasteiger partial charge < -0.3 is 0 Å². The van der Waals surface area contributed by atoms with E-state index in [-0.39, 0.29) is 12.4 Å². The van der Waals surface area contributed by atoms with Crippen LogP contribution < -0.4 is 4.35 Å². The van der Waals surface area contributed by atoms with Gasteiger partial charge in [0.05, 0.1) is 0 Å². The average molecular weight is 200 g/mol. The zero-order chi connectivity index (χ0) is 7.56. The molecule has 0 saturated carbocycles. The van der Waals surface area contributed by atoms with Crippen LogP contribution in [0.3, 0.4) is 0 Å². The van der Waals surface area contributed by atoms with Gasteiger partial charge in [-0.1, -0.05) is 0 Å². The van der Waals surface area contributed by atoms with Crippen molar-refractivity contribution in [3.63, 3.8) is 0 Å². The minimum atomic E-state index is -0.0937. The molecular formula is C7H9AsO2. The first-order valence-corrected chi connectivity index (χ1v) is 4.13. The van der Waals surface area contributed by atoms with E-state index in [0.29, 0.717) is 5.56 Å². The molecule has 0 bridgehead atoms. The summed E-state index contributed by atoms with van der Waals surface area (Å²) < 4.78 is 1.11. The summed E-state index contributed by atoms with van der Waals surface area (Å²) in [6.07, 6.45) is 0. The van der Waals surface area contributed by atoms with Gasteiger partial charge in [-0.25, -0.2) is 0 Å². The number of aromatic hydroxyl groups is 1. The van der Waals surface area contributed by atoms with E-state index in [1.54, 1.807) is 12.1 Å². The van der Waals surface area contributed by atoms with Gasteiger partial charge in [0.1, 0.15) is 0 Å². The molecule has 0 heterocycles. The zero-order valence-corrected chi connectivity index (χ0v) is 7.83. The van der Waals surface area contributed by atoms with Gasteiger partial charge in [0, 0.05) is 0 Å². The van der Waals surface area contributed by atoms with Gasteiger partial charge in [-0.2, -0.15) is 0 Å². The van der Waals surface area contributed by atoms with Crippen LogP contribution in [0, 0.1) is 0 Å². The van der Waals surface area contributed by atoms with Crippen LogP contribution in [0.25, 0.3) is 0 Å². The maximum absolute atomic E-state index is 9.08. The van der Waals surface area contributed by atoms with Crippen LogP contribution in [0.1, 0.15) is 5.56 Å². The van der Waals surface area contributed by atoms with Gasteiger partial charge >= 0.3 is 67.5 Å². The minimum absolute atomic E-state index is 0.0937. The summed E-state index contributed by atoms with van der Waals surface area (Å²) in [5.41, 5.74) is 0.599. The predicted molar refractivity (Wildman–Crippen MR) is 42.2 cm³/mol. The third-order valence-electron chi connectivity index (χ3n) is 1.27. The Balaban J connectivity index is 3.09. The molecule has 1 unspecified atom stereocenters. The third-order valence-corrected chi connectivity index (χ3v) is 2.03. The van der Waals surface area contributed by atoms with Crippen LogP contribution in [0.4, 0.5) is 0 Å². The van der Waals surface area contributed by atoms with Crippen molar-refractivity contribution in [3.05, 3.63) is 23.8 Å². The summed E-state index contributed by atoms with van der Waals surface area (Å²) in [6.45, 7) is -0.0937. The molecule has 2 N–H and O–H groups in total. The zero-order valence-electron chi connectivity index (χ0n) is 5.41. The summed E-state index contributed by atoms with van der Waals surface area (Å²) in [5.74, 6) is 0.170. The van der Waals surface area contributed by atoms with Crippen LogP contribution in [-0.2, 0) is 6.61 Å². The average Bonchev–Trinajstić information content (AvgIpc) is 1.94. The molecule has 1 aromatic rings. The Kier molecular flexibility index (Phi) is 2.36. The first kappa shape index (κ1) is 7.64. The number of aliphatic hydroxyl groups is 1. The molecule has 54 valence electrons. The number of hydrogen-bond donors (Lipinski definition) is 2. The van der Waals surface area contributed by atoms with E-state index >= 15 is 0 Å². The molecule has 0 aliphatic carbocycles. The Bertz CT molecular complexity index is 235. The van der Waals surface area contributed by atoms with Crippen LogP contribution in [0.2, 0.25) is 0 Å². The van der Waals surface area contributed by atoms with Gasteiger partial charge in [-0.3, -0.25) is 0 Å². The molecule has 1 atom stereocenters. The fourth-order valence-electron chi connectivity index (χ4n) is 0.732. The van der Waals surface area contributed by atoms with Crippen molar-refractivity contribution in [2.75, 3.05) is 0 Å². The topological polar surface area (TPSA) is 40.5 Å². The second kappa shape index (κ2) is 3.09. The molecular weight excluding hydrogens is 191 g/mol. The van der Waals surface area contributed by atoms with Crippen LogP contribution in [0.15, 0.2) is 18.2 Å². The summed E-state index contributed by atoms with van der Waals surface area (Å²) in [4.78, 5) is 0.